The van der Waals surface area contributed by atoms with Crippen molar-refractivity contribution in [2.24, 2.45) is 0 Å². The van der Waals surface area contributed by atoms with Crippen molar-refractivity contribution in [3.63, 3.8) is 0 Å². The lowest BCUT2D eigenvalue weighted by molar-refractivity contribution is -0.120. The van der Waals surface area contributed by atoms with Gasteiger partial charge in [-0.05, 0) is 48.2 Å². The number of ether oxygens (including phenoxy) is 1. The lowest BCUT2D eigenvalue weighted by Crippen LogP contribution is -2.43. The highest BCUT2D eigenvalue weighted by atomic mass is 16.6. The number of nitrogens with zero attached hydrogens (tertiary/aromatic N) is 2. The molecule has 34 heavy (non-hydrogen) atoms. The maximum Gasteiger partial charge on any atom is 0.410 e. The molecule has 2 heterocycles. The van der Waals surface area contributed by atoms with Gasteiger partial charge in [0.05, 0.1) is 5.52 Å². The van der Waals surface area contributed by atoms with Crippen molar-refractivity contribution in [1.29, 1.82) is 0 Å². The quantitative estimate of drug-likeness (QED) is 0.426. The number of likely N-dealkylation sites (tertiary alicyclic amines) is 1. The van der Waals surface area contributed by atoms with Gasteiger partial charge in [0.1, 0.15) is 12.6 Å². The highest BCUT2D eigenvalue weighted by Crippen LogP contribution is 2.26. The maximum absolute atomic E-state index is 13.1. The summed E-state index contributed by atoms with van der Waals surface area (Å²) < 4.78 is 5.45. The molecule has 0 saturated carbocycles. The van der Waals surface area contributed by atoms with E-state index in [2.05, 4.69) is 16.4 Å². The van der Waals surface area contributed by atoms with Gasteiger partial charge in [-0.2, -0.15) is 0 Å². The summed E-state index contributed by atoms with van der Waals surface area (Å²) in [6, 6.07) is 26.7. The van der Waals surface area contributed by atoms with E-state index >= 15 is 0 Å². The molecule has 1 saturated heterocycles. The van der Waals surface area contributed by atoms with Crippen LogP contribution in [0.5, 0.6) is 0 Å². The van der Waals surface area contributed by atoms with Gasteiger partial charge >= 0.3 is 6.09 Å². The van der Waals surface area contributed by atoms with Crippen molar-refractivity contribution in [3.05, 3.63) is 96.7 Å². The Kier molecular flexibility index (Phi) is 6.21. The Balaban J connectivity index is 1.26. The number of hydrogen-bond acceptors (Lipinski definition) is 4. The summed E-state index contributed by atoms with van der Waals surface area (Å²) in [6.45, 7) is 0.695. The average Bonchev–Trinajstić information content (AvgIpc) is 3.38. The van der Waals surface area contributed by atoms with Crippen LogP contribution in [0.3, 0.4) is 0 Å². The SMILES string of the molecule is O=C(Nc1cccc(-c2cnc3ccccc3c2)c1)C1CCCN1C(=O)OCc1ccccc1. The van der Waals surface area contributed by atoms with E-state index in [0.29, 0.717) is 18.7 Å². The maximum atomic E-state index is 13.1. The number of carbonyl (C=O) groups excluding carboxylic acids is 2. The molecular weight excluding hydrogens is 426 g/mol. The van der Waals surface area contributed by atoms with Crippen LogP contribution in [-0.2, 0) is 16.1 Å². The molecule has 4 aromatic rings. The summed E-state index contributed by atoms with van der Waals surface area (Å²) in [5.74, 6) is -0.206. The van der Waals surface area contributed by atoms with E-state index in [1.807, 2.05) is 85.1 Å². The molecule has 2 amide bonds. The first-order chi connectivity index (χ1) is 16.7. The Morgan fingerprint density at radius 3 is 2.65 bits per heavy atom. The van der Waals surface area contributed by atoms with Crippen LogP contribution in [0.15, 0.2) is 91.1 Å². The summed E-state index contributed by atoms with van der Waals surface area (Å²) in [5, 5.41) is 4.04. The van der Waals surface area contributed by atoms with Gasteiger partial charge in [-0.15, -0.1) is 0 Å². The summed E-state index contributed by atoms with van der Waals surface area (Å²) in [4.78, 5) is 31.8. The van der Waals surface area contributed by atoms with Crippen molar-refractivity contribution in [2.45, 2.75) is 25.5 Å². The number of hydrogen-bond donors (Lipinski definition) is 1. The zero-order chi connectivity index (χ0) is 23.3. The average molecular weight is 452 g/mol. The van der Waals surface area contributed by atoms with Crippen molar-refractivity contribution < 1.29 is 14.3 Å². The second-order valence-corrected chi connectivity index (χ2v) is 8.38. The molecule has 1 atom stereocenters. The number of aromatic nitrogens is 1. The van der Waals surface area contributed by atoms with Crippen LogP contribution in [-0.4, -0.2) is 34.5 Å². The normalized spacial score (nSPS) is 15.3. The second-order valence-electron chi connectivity index (χ2n) is 8.38. The molecule has 0 bridgehead atoms. The van der Waals surface area contributed by atoms with E-state index in [9.17, 15) is 9.59 Å². The van der Waals surface area contributed by atoms with Crippen LogP contribution < -0.4 is 5.32 Å². The van der Waals surface area contributed by atoms with E-state index in [1.165, 1.54) is 4.90 Å². The van der Waals surface area contributed by atoms with Crippen LogP contribution >= 0.6 is 0 Å². The number of pyridine rings is 1. The molecule has 6 nitrogen and oxygen atoms in total. The smallest absolute Gasteiger partial charge is 0.410 e. The number of fused-ring (bicyclic) bond motifs is 1. The van der Waals surface area contributed by atoms with Crippen LogP contribution in [0.2, 0.25) is 0 Å². The zero-order valence-electron chi connectivity index (χ0n) is 18.7. The third kappa shape index (κ3) is 4.76. The van der Waals surface area contributed by atoms with Crippen molar-refractivity contribution in [2.75, 3.05) is 11.9 Å². The van der Waals surface area contributed by atoms with Crippen molar-refractivity contribution in [3.8, 4) is 11.1 Å². The lowest BCUT2D eigenvalue weighted by atomic mass is 10.0. The molecule has 170 valence electrons. The molecule has 1 N–H and O–H groups in total. The molecule has 3 aromatic carbocycles. The third-order valence-electron chi connectivity index (χ3n) is 6.05. The molecule has 0 radical (unpaired) electrons. The minimum Gasteiger partial charge on any atom is -0.445 e. The summed E-state index contributed by atoms with van der Waals surface area (Å²) in [7, 11) is 0. The molecule has 1 fully saturated rings. The van der Waals surface area contributed by atoms with Gasteiger partial charge in [0.25, 0.3) is 0 Å². The number of benzene rings is 3. The second kappa shape index (κ2) is 9.75. The van der Waals surface area contributed by atoms with Crippen LogP contribution in [0, 0.1) is 0 Å². The Hall–Kier alpha value is -4.19. The number of rotatable bonds is 5. The Labute approximate surface area is 198 Å². The van der Waals surface area contributed by atoms with Gasteiger partial charge in [0, 0.05) is 29.4 Å². The van der Waals surface area contributed by atoms with Gasteiger partial charge in [-0.3, -0.25) is 14.7 Å². The number of anilines is 1. The van der Waals surface area contributed by atoms with E-state index in [1.54, 1.807) is 0 Å². The van der Waals surface area contributed by atoms with Crippen LogP contribution in [0.25, 0.3) is 22.0 Å². The molecular formula is C28H25N3O3. The zero-order valence-corrected chi connectivity index (χ0v) is 18.7. The Morgan fingerprint density at radius 1 is 0.941 bits per heavy atom. The van der Waals surface area contributed by atoms with Crippen molar-refractivity contribution in [1.82, 2.24) is 9.88 Å². The van der Waals surface area contributed by atoms with E-state index in [4.69, 9.17) is 4.74 Å². The number of para-hydroxylation sites is 1. The van der Waals surface area contributed by atoms with Gasteiger partial charge in [0.15, 0.2) is 0 Å². The molecule has 5 rings (SSSR count). The fourth-order valence-corrected chi connectivity index (χ4v) is 4.29. The highest BCUT2D eigenvalue weighted by Gasteiger charge is 2.35. The van der Waals surface area contributed by atoms with E-state index < -0.39 is 12.1 Å². The molecule has 6 heteroatoms. The Morgan fingerprint density at radius 2 is 1.76 bits per heavy atom. The number of amides is 2. The number of carbonyl (C=O) groups is 2. The predicted octanol–water partition coefficient (Wildman–Crippen LogP) is 5.64. The molecule has 0 spiro atoms. The van der Waals surface area contributed by atoms with Crippen molar-refractivity contribution >= 4 is 28.6 Å². The molecule has 0 aliphatic carbocycles. The molecule has 1 aliphatic rings. The fourth-order valence-electron chi connectivity index (χ4n) is 4.29. The van der Waals surface area contributed by atoms with Crippen LogP contribution in [0.1, 0.15) is 18.4 Å². The van der Waals surface area contributed by atoms with E-state index in [0.717, 1.165) is 34.0 Å². The molecule has 1 unspecified atom stereocenters. The monoisotopic (exact) mass is 451 g/mol. The third-order valence-corrected chi connectivity index (χ3v) is 6.05. The van der Waals surface area contributed by atoms with Gasteiger partial charge in [-0.25, -0.2) is 4.79 Å². The highest BCUT2D eigenvalue weighted by molar-refractivity contribution is 5.97. The first-order valence-corrected chi connectivity index (χ1v) is 11.4. The van der Waals surface area contributed by atoms with E-state index in [-0.39, 0.29) is 12.5 Å². The molecule has 1 aromatic heterocycles. The minimum absolute atomic E-state index is 0.187. The standard InChI is InChI=1S/C28H25N3O3/c32-27(26-14-7-15-31(26)28(33)34-19-20-8-2-1-3-9-20)30-24-12-6-11-21(17-24)23-16-22-10-4-5-13-25(22)29-18-23/h1-6,8-13,16-18,26H,7,14-15,19H2,(H,30,32). The fraction of sp³-hybridized carbons (Fsp3) is 0.179. The minimum atomic E-state index is -0.547. The molecule has 1 aliphatic heterocycles. The van der Waals surface area contributed by atoms with Crippen LogP contribution in [0.4, 0.5) is 10.5 Å². The Bertz CT molecular complexity index is 1320. The van der Waals surface area contributed by atoms with Gasteiger partial charge in [-0.1, -0.05) is 60.7 Å². The predicted molar refractivity (Wildman–Crippen MR) is 132 cm³/mol. The summed E-state index contributed by atoms with van der Waals surface area (Å²) in [6.07, 6.45) is 2.75. The first kappa shape index (κ1) is 21.6. The first-order valence-electron chi connectivity index (χ1n) is 11.4. The summed E-state index contributed by atoms with van der Waals surface area (Å²) >= 11 is 0. The van der Waals surface area contributed by atoms with Gasteiger partial charge < -0.3 is 10.1 Å². The summed E-state index contributed by atoms with van der Waals surface area (Å²) in [5.41, 5.74) is 4.47. The van der Waals surface area contributed by atoms with Gasteiger partial charge in [0.2, 0.25) is 5.91 Å². The largest absolute Gasteiger partial charge is 0.445 e. The lowest BCUT2D eigenvalue weighted by Gasteiger charge is -2.23. The number of nitrogens with one attached hydrogen (secondary N) is 1. The topological polar surface area (TPSA) is 71.5 Å².